The summed E-state index contributed by atoms with van der Waals surface area (Å²) in [6, 6.07) is 22.9. The topological polar surface area (TPSA) is 80.0 Å². The van der Waals surface area contributed by atoms with E-state index in [1.54, 1.807) is 18.2 Å². The number of para-hydroxylation sites is 2. The molecule has 0 aliphatic heterocycles. The van der Waals surface area contributed by atoms with E-state index in [4.69, 9.17) is 21.4 Å². The van der Waals surface area contributed by atoms with Crippen LogP contribution in [-0.4, -0.2) is 25.8 Å². The Kier molecular flexibility index (Phi) is 5.10. The molecule has 7 heteroatoms. The van der Waals surface area contributed by atoms with Crippen LogP contribution in [0.4, 0.5) is 0 Å². The molecule has 0 fully saturated rings. The van der Waals surface area contributed by atoms with Crippen LogP contribution < -0.4 is 5.62 Å². The maximum Gasteiger partial charge on any atom is 0.215 e. The van der Waals surface area contributed by atoms with Gasteiger partial charge in [-0.05, 0) is 42.3 Å². The average molecular weight is 433 g/mol. The van der Waals surface area contributed by atoms with Crippen LogP contribution in [0.25, 0.3) is 22.1 Å². The lowest BCUT2D eigenvalue weighted by Crippen LogP contribution is -2.30. The molecule has 0 aliphatic rings. The van der Waals surface area contributed by atoms with Crippen molar-refractivity contribution in [1.82, 2.24) is 14.1 Å². The fourth-order valence-electron chi connectivity index (χ4n) is 4.06. The maximum atomic E-state index is 10.2. The van der Waals surface area contributed by atoms with Gasteiger partial charge in [-0.2, -0.15) is 0 Å². The minimum absolute atomic E-state index is 0.0686. The summed E-state index contributed by atoms with van der Waals surface area (Å²) < 4.78 is 9.64. The first kappa shape index (κ1) is 19.6. The number of halogens is 1. The molecule has 2 heterocycles. The van der Waals surface area contributed by atoms with E-state index in [-0.39, 0.29) is 18.3 Å². The zero-order valence-corrected chi connectivity index (χ0v) is 17.5. The number of aromatic nitrogens is 3. The summed E-state index contributed by atoms with van der Waals surface area (Å²) >= 11 is 6.07. The predicted molar refractivity (Wildman–Crippen MR) is 120 cm³/mol. The van der Waals surface area contributed by atoms with Crippen molar-refractivity contribution >= 4 is 33.7 Å². The third-order valence-electron chi connectivity index (χ3n) is 5.49. The van der Waals surface area contributed by atoms with E-state index in [2.05, 4.69) is 4.98 Å². The van der Waals surface area contributed by atoms with Gasteiger partial charge in [0.15, 0.2) is 5.58 Å². The van der Waals surface area contributed by atoms with Gasteiger partial charge in [0.05, 0.1) is 23.7 Å². The molecule has 0 radical (unpaired) electrons. The summed E-state index contributed by atoms with van der Waals surface area (Å²) in [5, 5.41) is 19.7. The zero-order valence-electron chi connectivity index (χ0n) is 16.7. The number of hydrogen-bond acceptors (Lipinski definition) is 4. The number of aliphatic hydroxyl groups excluding tert-OH is 1. The quantitative estimate of drug-likeness (QED) is 0.413. The average Bonchev–Trinajstić information content (AvgIpc) is 3.31. The molecule has 0 bridgehead atoms. The van der Waals surface area contributed by atoms with Crippen LogP contribution in [0.3, 0.4) is 0 Å². The number of benzene rings is 3. The normalized spacial score (nSPS) is 12.6. The molecule has 31 heavy (non-hydrogen) atoms. The molecular weight excluding hydrogens is 412 g/mol. The summed E-state index contributed by atoms with van der Waals surface area (Å²) in [6.45, 7) is 0.239. The highest BCUT2D eigenvalue weighted by molar-refractivity contribution is 6.31. The van der Waals surface area contributed by atoms with E-state index < -0.39 is 0 Å². The van der Waals surface area contributed by atoms with Gasteiger partial charge in [0.25, 0.3) is 0 Å². The number of fused-ring (bicyclic) bond motifs is 2. The van der Waals surface area contributed by atoms with Crippen LogP contribution in [0.1, 0.15) is 17.5 Å². The van der Waals surface area contributed by atoms with E-state index in [1.807, 2.05) is 63.7 Å². The summed E-state index contributed by atoms with van der Waals surface area (Å²) in [5.41, 5.74) is 4.53. The highest BCUT2D eigenvalue weighted by Gasteiger charge is 2.20. The molecule has 0 saturated carbocycles. The van der Waals surface area contributed by atoms with Crippen LogP contribution in [0.2, 0.25) is 5.02 Å². The summed E-state index contributed by atoms with van der Waals surface area (Å²) in [7, 11) is 0. The summed E-state index contributed by atoms with van der Waals surface area (Å²) in [4.78, 5) is 4.54. The van der Waals surface area contributed by atoms with Gasteiger partial charge in [0.2, 0.25) is 11.5 Å². The van der Waals surface area contributed by atoms with E-state index in [0.717, 1.165) is 16.6 Å². The number of oxazole rings is 1. The third kappa shape index (κ3) is 3.65. The Bertz CT molecular complexity index is 1420. The maximum absolute atomic E-state index is 10.2. The molecule has 6 nitrogen and oxygen atoms in total. The Balaban J connectivity index is 1.59. The van der Waals surface area contributed by atoms with Crippen molar-refractivity contribution in [2.45, 2.75) is 19.0 Å². The first-order valence-electron chi connectivity index (χ1n) is 10.1. The Hall–Kier alpha value is -3.35. The Morgan fingerprint density at radius 3 is 2.52 bits per heavy atom. The van der Waals surface area contributed by atoms with E-state index >= 15 is 0 Å². The lowest BCUT2D eigenvalue weighted by molar-refractivity contribution is 0.225. The number of aliphatic hydroxyl groups is 1. The third-order valence-corrected chi connectivity index (χ3v) is 5.73. The Morgan fingerprint density at radius 2 is 1.74 bits per heavy atom. The smallest absolute Gasteiger partial charge is 0.215 e. The summed E-state index contributed by atoms with van der Waals surface area (Å²) in [5.74, 6) is 0.502. The molecule has 2 N–H and O–H groups in total. The van der Waals surface area contributed by atoms with Gasteiger partial charge in [-0.25, -0.2) is 4.98 Å². The zero-order chi connectivity index (χ0) is 21.4. The van der Waals surface area contributed by atoms with Gasteiger partial charge in [0, 0.05) is 5.02 Å². The second-order valence-corrected chi connectivity index (χ2v) is 7.95. The van der Waals surface area contributed by atoms with Gasteiger partial charge in [0.1, 0.15) is 12.1 Å². The van der Waals surface area contributed by atoms with Crippen LogP contribution in [0, 0.1) is 5.41 Å². The van der Waals surface area contributed by atoms with Gasteiger partial charge in [-0.15, -0.1) is 0 Å². The van der Waals surface area contributed by atoms with Gasteiger partial charge in [-0.1, -0.05) is 54.1 Å². The van der Waals surface area contributed by atoms with Gasteiger partial charge in [-0.3, -0.25) is 5.41 Å². The van der Waals surface area contributed by atoms with Crippen LogP contribution in [0.15, 0.2) is 77.2 Å². The molecule has 1 atom stereocenters. The molecule has 0 spiro atoms. The van der Waals surface area contributed by atoms with Crippen LogP contribution in [-0.2, 0) is 13.0 Å². The van der Waals surface area contributed by atoms with Crippen molar-refractivity contribution in [2.24, 2.45) is 0 Å². The molecule has 156 valence electrons. The molecule has 5 rings (SSSR count). The highest BCUT2D eigenvalue weighted by Crippen LogP contribution is 2.23. The number of nitrogens with one attached hydrogen (secondary N) is 1. The van der Waals surface area contributed by atoms with Crippen LogP contribution in [0.5, 0.6) is 0 Å². The Morgan fingerprint density at radius 1 is 1.00 bits per heavy atom. The van der Waals surface area contributed by atoms with Crippen molar-refractivity contribution in [3.05, 3.63) is 94.9 Å². The number of nitrogens with zero attached hydrogens (tertiary/aromatic N) is 3. The first-order chi connectivity index (χ1) is 15.1. The molecule has 0 amide bonds. The van der Waals surface area contributed by atoms with Crippen molar-refractivity contribution in [3.63, 3.8) is 0 Å². The van der Waals surface area contributed by atoms with E-state index in [0.29, 0.717) is 35.0 Å². The van der Waals surface area contributed by atoms with Crippen molar-refractivity contribution in [1.29, 1.82) is 5.41 Å². The van der Waals surface area contributed by atoms with Crippen molar-refractivity contribution in [3.8, 4) is 0 Å². The minimum atomic E-state index is -0.261. The van der Waals surface area contributed by atoms with Crippen molar-refractivity contribution in [2.75, 3.05) is 6.61 Å². The summed E-state index contributed by atoms with van der Waals surface area (Å²) in [6.07, 6.45) is 0.628. The fourth-order valence-corrected chi connectivity index (χ4v) is 4.23. The largest absolute Gasteiger partial charge is 0.439 e. The molecule has 0 aliphatic carbocycles. The van der Waals surface area contributed by atoms with Gasteiger partial charge >= 0.3 is 0 Å². The van der Waals surface area contributed by atoms with Crippen LogP contribution >= 0.6 is 11.6 Å². The second kappa shape index (κ2) is 8.06. The molecule has 5 aromatic rings. The SMILES string of the molecule is N=c1n(Cc2nc3cc(Cl)ccc3o2)c2ccccc2n1[C@@H](CO)Cc1ccccc1. The minimum Gasteiger partial charge on any atom is -0.439 e. The monoisotopic (exact) mass is 432 g/mol. The predicted octanol–water partition coefficient (Wildman–Crippen LogP) is 4.54. The molecular formula is C24H21ClN4O2. The van der Waals surface area contributed by atoms with E-state index in [9.17, 15) is 5.11 Å². The number of imidazole rings is 1. The highest BCUT2D eigenvalue weighted by atomic mass is 35.5. The first-order valence-corrected chi connectivity index (χ1v) is 10.5. The Labute approximate surface area is 183 Å². The number of rotatable bonds is 6. The fraction of sp³-hybridized carbons (Fsp3) is 0.167. The lowest BCUT2D eigenvalue weighted by Gasteiger charge is -2.17. The molecule has 0 unspecified atom stereocenters. The molecule has 0 saturated heterocycles. The second-order valence-electron chi connectivity index (χ2n) is 7.51. The molecule has 2 aromatic heterocycles. The van der Waals surface area contributed by atoms with Crippen molar-refractivity contribution < 1.29 is 9.52 Å². The standard InChI is InChI=1S/C24H21ClN4O2/c25-17-10-11-22-19(13-17)27-23(31-22)14-28-20-8-4-5-9-21(20)29(24(28)26)18(15-30)12-16-6-2-1-3-7-16/h1-11,13,18,26,30H,12,14-15H2/t18-/m1/s1. The van der Waals surface area contributed by atoms with Gasteiger partial charge < -0.3 is 18.7 Å². The number of hydrogen-bond donors (Lipinski definition) is 2. The lowest BCUT2D eigenvalue weighted by atomic mass is 10.1. The van der Waals surface area contributed by atoms with E-state index in [1.165, 1.54) is 0 Å². The molecule has 3 aromatic carbocycles.